The summed E-state index contributed by atoms with van der Waals surface area (Å²) in [6.07, 6.45) is -2.10. The molecule has 27 heteroatoms. The molecule has 1 aromatic heterocycles. The minimum absolute atomic E-state index is 0.0120. The third-order valence-electron chi connectivity index (χ3n) is 23.8. The number of fused-ring (bicyclic) bond motifs is 11. The van der Waals surface area contributed by atoms with Gasteiger partial charge in [0, 0.05) is 143 Å². The number of rotatable bonds is 13. The van der Waals surface area contributed by atoms with E-state index in [2.05, 4.69) is 24.5 Å². The van der Waals surface area contributed by atoms with E-state index in [0.717, 1.165) is 99.7 Å². The number of nitrogens with zero attached hydrogens (tertiary/aromatic N) is 10. The first-order valence-corrected chi connectivity index (χ1v) is 40.1. The van der Waals surface area contributed by atoms with E-state index in [4.69, 9.17) is 9.72 Å². The van der Waals surface area contributed by atoms with E-state index in [0.29, 0.717) is 77.2 Å². The number of carbonyl (C=O) groups excluding carboxylic acids is 11. The quantitative estimate of drug-likeness (QED) is 0.102. The number of para-hydroxylation sites is 5. The summed E-state index contributed by atoms with van der Waals surface area (Å²) in [5.74, 6) is 1.22. The maximum Gasteiger partial charge on any atom is 0.410 e. The molecule has 0 saturated carbocycles. The molecule has 1 aliphatic carbocycles. The van der Waals surface area contributed by atoms with E-state index < -0.39 is 45.3 Å². The number of aldehydes is 1. The summed E-state index contributed by atoms with van der Waals surface area (Å²) in [4.78, 5) is 154. The lowest BCUT2D eigenvalue weighted by Gasteiger charge is -2.47. The van der Waals surface area contributed by atoms with Gasteiger partial charge in [0.2, 0.25) is 53.2 Å². The van der Waals surface area contributed by atoms with Crippen molar-refractivity contribution < 1.29 is 70.6 Å². The molecule has 610 valence electrons. The number of alkyl halides is 3. The van der Waals surface area contributed by atoms with E-state index in [1.54, 1.807) is 24.5 Å². The number of anilines is 5. The second-order valence-corrected chi connectivity index (χ2v) is 35.1. The third-order valence-corrected chi connectivity index (χ3v) is 23.8. The molecule has 2 N–H and O–H groups in total. The van der Waals surface area contributed by atoms with Gasteiger partial charge in [-0.1, -0.05) is 160 Å². The highest BCUT2D eigenvalue weighted by atomic mass is 19.4. The van der Waals surface area contributed by atoms with Gasteiger partial charge in [0.1, 0.15) is 44.8 Å². The molecule has 5 saturated heterocycles. The number of imidazole rings is 1. The Bertz CT molecular complexity index is 4850. The third kappa shape index (κ3) is 14.8. The molecule has 6 aromatic rings. The fourth-order valence-electron chi connectivity index (χ4n) is 18.1. The number of aromatic nitrogens is 2. The van der Waals surface area contributed by atoms with Crippen LogP contribution in [-0.4, -0.2) is 190 Å². The maximum atomic E-state index is 13.7. The molecule has 0 bridgehead atoms. The van der Waals surface area contributed by atoms with Gasteiger partial charge in [0.05, 0.1) is 18.8 Å². The molecule has 17 rings (SSSR count). The van der Waals surface area contributed by atoms with Crippen molar-refractivity contribution in [3.63, 3.8) is 0 Å². The van der Waals surface area contributed by atoms with Crippen molar-refractivity contribution in [2.75, 3.05) is 104 Å². The lowest BCUT2D eigenvalue weighted by molar-refractivity contribution is -0.148. The van der Waals surface area contributed by atoms with Crippen LogP contribution >= 0.6 is 0 Å². The molecule has 11 heterocycles. The lowest BCUT2D eigenvalue weighted by Crippen LogP contribution is -2.66. The fraction of sp³-hybridized carbons (Fsp3) is 0.500. The Kier molecular flexibility index (Phi) is 22.3. The Morgan fingerprint density at radius 1 is 0.478 bits per heavy atom. The molecule has 24 nitrogen and oxygen atoms in total. The number of ether oxygens (including phenoxy) is 1. The summed E-state index contributed by atoms with van der Waals surface area (Å²) >= 11 is 0. The lowest BCUT2D eigenvalue weighted by atomic mass is 9.74. The zero-order chi connectivity index (χ0) is 83.0. The summed E-state index contributed by atoms with van der Waals surface area (Å²) in [6.45, 7) is 30.3. The normalized spacial score (nSPS) is 19.1. The first kappa shape index (κ1) is 82.3. The van der Waals surface area contributed by atoms with Crippen LogP contribution in [0.2, 0.25) is 0 Å². The standard InChI is InChI=1S/C25H29F3N4O2.C18H24N2O2.C16H18N2O3.C15H18N2O3.C14H16N2O2/c1-16(2)22(33)30-14-24(15-30)17-7-3-4-9-19(17)32(23(24)34)13-21-29-18-8-5-10-20(18)31(21)12-6-11-25(26,27)28;1-12(2)9-20-15-8-6-5-7-14(15)18(17(20)22)10-19(11-18)16(21)13(3)4;1-11(2)14(20)17-9-16(10-17)12-5-3-4-6-13(12)18(7-8-19)15(16)21;1-14(2,3)20-13(19)17-8-15(9-17)10-6-4-5-7-11(10)16-12(15)18;1-9(2)12(17)16-7-14(8-16)10-5-3-4-6-11(10)15-13(14)18/h3-4,7,9,16H,5-6,8,10-15H2,1-2H3;5-8,12-13H,9-11H2,1-4H3;3-6,8,11H,7,9-10H2,1-2H3;4-7H,8-9H2,1-3H3,(H,16,18);3-6,9H,7-8H2,1-2H3,(H,15,18). The van der Waals surface area contributed by atoms with Crippen LogP contribution in [0.25, 0.3) is 0 Å². The first-order valence-electron chi connectivity index (χ1n) is 40.1. The Balaban J connectivity index is 0.000000128. The summed E-state index contributed by atoms with van der Waals surface area (Å²) in [5.41, 5.74) is 7.74. The number of aryl methyl sites for hydroxylation is 1. The fourth-order valence-corrected chi connectivity index (χ4v) is 18.1. The zero-order valence-corrected chi connectivity index (χ0v) is 68.0. The van der Waals surface area contributed by atoms with Gasteiger partial charge in [-0.05, 0) is 111 Å². The van der Waals surface area contributed by atoms with Crippen LogP contribution in [0.1, 0.15) is 154 Å². The smallest absolute Gasteiger partial charge is 0.410 e. The minimum Gasteiger partial charge on any atom is -0.444 e. The van der Waals surface area contributed by atoms with Crippen LogP contribution < -0.4 is 25.3 Å². The van der Waals surface area contributed by atoms with Crippen molar-refractivity contribution in [1.29, 1.82) is 0 Å². The molecule has 0 atom stereocenters. The predicted molar refractivity (Wildman–Crippen MR) is 428 cm³/mol. The monoisotopic (exact) mass is 1580 g/mol. The summed E-state index contributed by atoms with van der Waals surface area (Å²) in [6, 6.07) is 38.6. The number of hydrogen-bond acceptors (Lipinski definition) is 13. The number of carbonyl (C=O) groups is 11. The van der Waals surface area contributed by atoms with Gasteiger partial charge in [-0.25, -0.2) is 9.78 Å². The Labute approximate surface area is 669 Å². The van der Waals surface area contributed by atoms with Crippen LogP contribution in [0.5, 0.6) is 0 Å². The highest BCUT2D eigenvalue weighted by molar-refractivity contribution is 6.13. The average molecular weight is 1580 g/mol. The molecule has 5 spiro atoms. The molecular weight excluding hydrogens is 1470 g/mol. The van der Waals surface area contributed by atoms with Crippen molar-refractivity contribution >= 4 is 94.0 Å². The molecule has 10 aliphatic heterocycles. The summed E-state index contributed by atoms with van der Waals surface area (Å²) < 4.78 is 45.5. The average Bonchev–Trinajstić information content (AvgIpc) is 1.55. The minimum atomic E-state index is -4.19. The Hall–Kier alpha value is -10.7. The number of halogens is 3. The second kappa shape index (κ2) is 31.1. The highest BCUT2D eigenvalue weighted by Crippen LogP contribution is 2.52. The van der Waals surface area contributed by atoms with Crippen LogP contribution in [0, 0.1) is 29.6 Å². The van der Waals surface area contributed by atoms with Crippen molar-refractivity contribution in [3.8, 4) is 0 Å². The Morgan fingerprint density at radius 3 is 1.23 bits per heavy atom. The van der Waals surface area contributed by atoms with E-state index in [-0.39, 0.29) is 109 Å². The van der Waals surface area contributed by atoms with Gasteiger partial charge < -0.3 is 63.9 Å². The topological polar surface area (TPSA) is 265 Å². The number of likely N-dealkylation sites (tertiary alicyclic amines) is 5. The predicted octanol–water partition coefficient (Wildman–Crippen LogP) is 10.9. The molecule has 11 aliphatic rings. The van der Waals surface area contributed by atoms with Crippen molar-refractivity contribution in [3.05, 3.63) is 166 Å². The van der Waals surface area contributed by atoms with E-state index in [1.165, 1.54) is 4.90 Å². The van der Waals surface area contributed by atoms with Crippen LogP contribution in [0.4, 0.5) is 46.4 Å². The van der Waals surface area contributed by atoms with Gasteiger partial charge in [-0.15, -0.1) is 0 Å². The molecule has 0 radical (unpaired) electrons. The Morgan fingerprint density at radius 2 is 0.835 bits per heavy atom. The molecule has 5 aromatic carbocycles. The summed E-state index contributed by atoms with van der Waals surface area (Å²) in [7, 11) is 0. The van der Waals surface area contributed by atoms with Crippen LogP contribution in [0.3, 0.4) is 0 Å². The number of nitrogens with one attached hydrogen (secondary N) is 2. The van der Waals surface area contributed by atoms with E-state index in [1.807, 2.05) is 212 Å². The molecule has 0 unspecified atom stereocenters. The van der Waals surface area contributed by atoms with Crippen LogP contribution in [0.15, 0.2) is 121 Å². The van der Waals surface area contributed by atoms with E-state index >= 15 is 0 Å². The van der Waals surface area contributed by atoms with Crippen molar-refractivity contribution in [1.82, 2.24) is 34.1 Å². The van der Waals surface area contributed by atoms with E-state index in [9.17, 15) is 65.9 Å². The van der Waals surface area contributed by atoms with Crippen molar-refractivity contribution in [2.45, 2.75) is 174 Å². The summed E-state index contributed by atoms with van der Waals surface area (Å²) in [5, 5.41) is 5.78. The number of amides is 10. The van der Waals surface area contributed by atoms with Gasteiger partial charge in [0.15, 0.2) is 0 Å². The molecular formula is C88H105F3N12O12. The molecule has 5 fully saturated rings. The van der Waals surface area contributed by atoms with Gasteiger partial charge in [-0.2, -0.15) is 13.2 Å². The number of hydrogen-bond donors (Lipinski definition) is 2. The second-order valence-electron chi connectivity index (χ2n) is 35.1. The van der Waals surface area contributed by atoms with Gasteiger partial charge in [-0.3, -0.25) is 43.2 Å². The number of benzene rings is 5. The van der Waals surface area contributed by atoms with Gasteiger partial charge >= 0.3 is 12.3 Å². The molecule has 115 heavy (non-hydrogen) atoms. The largest absolute Gasteiger partial charge is 0.444 e. The van der Waals surface area contributed by atoms with Gasteiger partial charge in [0.25, 0.3) is 0 Å². The first-order chi connectivity index (χ1) is 54.3. The highest BCUT2D eigenvalue weighted by Gasteiger charge is 2.63. The SMILES string of the molecule is CC(C)(C)OC(=O)N1CC2(C1)C(=O)Nc1ccccc12.CC(C)C(=O)N1CC2(C1)C(=O)N(CC=O)c1ccccc12.CC(C)C(=O)N1CC2(C1)C(=O)N(Cc1nc3c(n1CCCC(F)(F)F)CCC3)c1ccccc12.CC(C)C(=O)N1CC2(C1)C(=O)Nc1ccccc12.CC(C)CN1C(=O)C2(CN(C(=O)C(C)C)C2)c2ccccc21. The van der Waals surface area contributed by atoms with Crippen molar-refractivity contribution in [2.24, 2.45) is 29.6 Å². The zero-order valence-electron chi connectivity index (χ0n) is 68.0. The molecule has 10 amide bonds. The van der Waals surface area contributed by atoms with Crippen LogP contribution in [-0.2, 0) is 106 Å². The maximum absolute atomic E-state index is 13.7.